The lowest BCUT2D eigenvalue weighted by Crippen LogP contribution is -2.35. The Bertz CT molecular complexity index is 846. The van der Waals surface area contributed by atoms with E-state index in [1.54, 1.807) is 12.0 Å². The molecule has 4 rings (SSSR count). The van der Waals surface area contributed by atoms with Gasteiger partial charge in [0.1, 0.15) is 6.17 Å². The van der Waals surface area contributed by atoms with Crippen LogP contribution in [0.25, 0.3) is 0 Å². The average molecular weight is 365 g/mol. The number of nitrogens with zero attached hydrogens (tertiary/aromatic N) is 1. The van der Waals surface area contributed by atoms with Gasteiger partial charge in [-0.1, -0.05) is 18.2 Å². The van der Waals surface area contributed by atoms with E-state index < -0.39 is 0 Å². The summed E-state index contributed by atoms with van der Waals surface area (Å²) in [6.45, 7) is 0.974. The van der Waals surface area contributed by atoms with Crippen molar-refractivity contribution < 1.29 is 14.3 Å². The molecule has 6 nitrogen and oxygen atoms in total. The number of carbonyl (C=O) groups is 2. The molecule has 2 amide bonds. The number of anilines is 1. The Kier molecular flexibility index (Phi) is 4.81. The summed E-state index contributed by atoms with van der Waals surface area (Å²) >= 11 is 0. The fourth-order valence-corrected chi connectivity index (χ4v) is 3.32. The Morgan fingerprint density at radius 2 is 1.89 bits per heavy atom. The summed E-state index contributed by atoms with van der Waals surface area (Å²) in [5, 5.41) is 6.41. The number of nitrogens with one attached hydrogen (secondary N) is 2. The molecule has 1 atom stereocenters. The molecule has 0 unspecified atom stereocenters. The molecule has 0 aromatic heterocycles. The van der Waals surface area contributed by atoms with Gasteiger partial charge in [0.2, 0.25) is 0 Å². The van der Waals surface area contributed by atoms with Crippen molar-refractivity contribution in [3.63, 3.8) is 0 Å². The lowest BCUT2D eigenvalue weighted by molar-refractivity contribution is 0.0674. The molecule has 0 radical (unpaired) electrons. The van der Waals surface area contributed by atoms with Crippen LogP contribution in [0, 0.1) is 0 Å². The van der Waals surface area contributed by atoms with Gasteiger partial charge in [-0.05, 0) is 43.2 Å². The van der Waals surface area contributed by atoms with Gasteiger partial charge in [-0.15, -0.1) is 0 Å². The predicted octanol–water partition coefficient (Wildman–Crippen LogP) is 2.79. The van der Waals surface area contributed by atoms with Crippen LogP contribution in [0.15, 0.2) is 48.5 Å². The highest BCUT2D eigenvalue weighted by Crippen LogP contribution is 2.34. The van der Waals surface area contributed by atoms with Crippen molar-refractivity contribution in [1.29, 1.82) is 0 Å². The van der Waals surface area contributed by atoms with E-state index in [0.717, 1.165) is 24.1 Å². The molecule has 140 valence electrons. The first kappa shape index (κ1) is 17.5. The van der Waals surface area contributed by atoms with Gasteiger partial charge in [-0.2, -0.15) is 0 Å². The van der Waals surface area contributed by atoms with Gasteiger partial charge < -0.3 is 20.3 Å². The summed E-state index contributed by atoms with van der Waals surface area (Å²) in [6.07, 6.45) is 1.88. The fourth-order valence-electron chi connectivity index (χ4n) is 3.32. The van der Waals surface area contributed by atoms with Gasteiger partial charge >= 0.3 is 0 Å². The third kappa shape index (κ3) is 3.66. The third-order valence-electron chi connectivity index (χ3n) is 4.96. The lowest BCUT2D eigenvalue weighted by atomic mass is 10.1. The number of rotatable bonds is 7. The van der Waals surface area contributed by atoms with Gasteiger partial charge in [-0.3, -0.25) is 9.59 Å². The second-order valence-corrected chi connectivity index (χ2v) is 6.95. The van der Waals surface area contributed by atoms with E-state index in [2.05, 4.69) is 10.6 Å². The van der Waals surface area contributed by atoms with Crippen LogP contribution in [0.5, 0.6) is 0 Å². The van der Waals surface area contributed by atoms with E-state index in [1.165, 1.54) is 0 Å². The number of methoxy groups -OCH3 is 1. The molecule has 1 heterocycles. The number of benzene rings is 2. The summed E-state index contributed by atoms with van der Waals surface area (Å²) in [4.78, 5) is 26.6. The maximum absolute atomic E-state index is 12.7. The monoisotopic (exact) mass is 365 g/mol. The molecule has 0 spiro atoms. The van der Waals surface area contributed by atoms with Crippen LogP contribution in [0.4, 0.5) is 5.69 Å². The molecular formula is C21H23N3O3. The molecule has 1 saturated carbocycles. The van der Waals surface area contributed by atoms with E-state index in [9.17, 15) is 9.59 Å². The summed E-state index contributed by atoms with van der Waals surface area (Å²) < 4.78 is 5.16. The van der Waals surface area contributed by atoms with Crippen LogP contribution in [-0.2, 0) is 4.74 Å². The smallest absolute Gasteiger partial charge is 0.256 e. The number of ether oxygens (including phenoxy) is 1. The highest BCUT2D eigenvalue weighted by Gasteiger charge is 2.36. The first-order chi connectivity index (χ1) is 13.2. The Morgan fingerprint density at radius 3 is 2.59 bits per heavy atom. The largest absolute Gasteiger partial charge is 0.383 e. The zero-order valence-electron chi connectivity index (χ0n) is 15.3. The minimum absolute atomic E-state index is 0.000538. The molecule has 2 aromatic carbocycles. The van der Waals surface area contributed by atoms with E-state index >= 15 is 0 Å². The maximum Gasteiger partial charge on any atom is 0.256 e. The van der Waals surface area contributed by atoms with Crippen molar-refractivity contribution >= 4 is 17.5 Å². The lowest BCUT2D eigenvalue weighted by Gasteiger charge is -2.27. The quantitative estimate of drug-likeness (QED) is 0.792. The zero-order chi connectivity index (χ0) is 18.8. The van der Waals surface area contributed by atoms with Gasteiger partial charge in [0.15, 0.2) is 0 Å². The summed E-state index contributed by atoms with van der Waals surface area (Å²) in [7, 11) is 1.63. The summed E-state index contributed by atoms with van der Waals surface area (Å²) in [6, 6.07) is 15.3. The van der Waals surface area contributed by atoms with E-state index in [0.29, 0.717) is 30.3 Å². The Balaban J connectivity index is 1.52. The second-order valence-electron chi connectivity index (χ2n) is 6.95. The molecule has 2 N–H and O–H groups in total. The standard InChI is InChI=1S/C21H23N3O3/c1-27-13-12-24-19(17-4-2-3-5-18(17)21(24)26)22-15-8-6-14(7-9-15)20(25)23-16-10-11-16/h2-9,16,19,22H,10-13H2,1H3,(H,23,25)/t19-/m0/s1. The molecule has 2 aliphatic rings. The minimum Gasteiger partial charge on any atom is -0.383 e. The van der Waals surface area contributed by atoms with Crippen LogP contribution in [0.2, 0.25) is 0 Å². The van der Waals surface area contributed by atoms with Crippen molar-refractivity contribution in [1.82, 2.24) is 10.2 Å². The topological polar surface area (TPSA) is 70.7 Å². The third-order valence-corrected chi connectivity index (χ3v) is 4.96. The molecule has 1 aliphatic carbocycles. The van der Waals surface area contributed by atoms with Gasteiger partial charge in [0.05, 0.1) is 6.61 Å². The van der Waals surface area contributed by atoms with Crippen molar-refractivity contribution in [3.8, 4) is 0 Å². The minimum atomic E-state index is -0.255. The Morgan fingerprint density at radius 1 is 1.15 bits per heavy atom. The van der Waals surface area contributed by atoms with Crippen molar-refractivity contribution in [2.45, 2.75) is 25.0 Å². The van der Waals surface area contributed by atoms with E-state index in [4.69, 9.17) is 4.74 Å². The van der Waals surface area contributed by atoms with E-state index in [1.807, 2.05) is 48.5 Å². The zero-order valence-corrected chi connectivity index (χ0v) is 15.3. The number of carbonyl (C=O) groups excluding carboxylic acids is 2. The molecule has 0 bridgehead atoms. The molecule has 0 saturated heterocycles. The van der Waals surface area contributed by atoms with Crippen LogP contribution < -0.4 is 10.6 Å². The number of hydrogen-bond donors (Lipinski definition) is 2. The van der Waals surface area contributed by atoms with Crippen molar-refractivity contribution in [2.24, 2.45) is 0 Å². The average Bonchev–Trinajstić information content (AvgIpc) is 3.47. The second kappa shape index (κ2) is 7.40. The number of amides is 2. The first-order valence-electron chi connectivity index (χ1n) is 9.23. The number of fused-ring (bicyclic) bond motifs is 1. The van der Waals surface area contributed by atoms with Gasteiger partial charge in [0.25, 0.3) is 11.8 Å². The molecular weight excluding hydrogens is 342 g/mol. The fraction of sp³-hybridized carbons (Fsp3) is 0.333. The van der Waals surface area contributed by atoms with Crippen molar-refractivity contribution in [2.75, 3.05) is 25.6 Å². The highest BCUT2D eigenvalue weighted by atomic mass is 16.5. The molecule has 6 heteroatoms. The van der Waals surface area contributed by atoms with Crippen LogP contribution >= 0.6 is 0 Å². The Hall–Kier alpha value is -2.86. The summed E-state index contributed by atoms with van der Waals surface area (Å²) in [5.74, 6) is -0.0345. The normalized spacial score (nSPS) is 18.3. The molecule has 27 heavy (non-hydrogen) atoms. The summed E-state index contributed by atoms with van der Waals surface area (Å²) in [5.41, 5.74) is 3.17. The van der Waals surface area contributed by atoms with Crippen molar-refractivity contribution in [3.05, 3.63) is 65.2 Å². The maximum atomic E-state index is 12.7. The number of hydrogen-bond acceptors (Lipinski definition) is 4. The van der Waals surface area contributed by atoms with Crippen LogP contribution in [-0.4, -0.2) is 43.0 Å². The molecule has 1 fully saturated rings. The molecule has 2 aromatic rings. The highest BCUT2D eigenvalue weighted by molar-refractivity contribution is 5.99. The Labute approximate surface area is 158 Å². The van der Waals surface area contributed by atoms with Gasteiger partial charge in [-0.25, -0.2) is 0 Å². The SMILES string of the molecule is COCCN1C(=O)c2ccccc2[C@H]1Nc1ccc(C(=O)NC2CC2)cc1. The van der Waals surface area contributed by atoms with Crippen LogP contribution in [0.1, 0.15) is 45.3 Å². The van der Waals surface area contributed by atoms with E-state index in [-0.39, 0.29) is 18.0 Å². The van der Waals surface area contributed by atoms with Crippen LogP contribution in [0.3, 0.4) is 0 Å². The van der Waals surface area contributed by atoms with Gasteiger partial charge in [0, 0.05) is 42.1 Å². The predicted molar refractivity (Wildman–Crippen MR) is 103 cm³/mol. The first-order valence-corrected chi connectivity index (χ1v) is 9.23. The molecule has 1 aliphatic heterocycles.